The van der Waals surface area contributed by atoms with Crippen molar-refractivity contribution < 1.29 is 18.7 Å². The Balaban J connectivity index is 1.28. The summed E-state index contributed by atoms with van der Waals surface area (Å²) < 4.78 is 18.9. The standard InChI is InChI=1S/C22H24FN3O3/c23-17-6-8-18(9-7-17)26-21(27)16-20(22(26)28)25-12-10-24(11-13-25)14-15-29-19-4-2-1-3-5-19/h1-9,20H,10-16H2. The second-order valence-corrected chi connectivity index (χ2v) is 7.30. The third kappa shape index (κ3) is 4.46. The van der Waals surface area contributed by atoms with Gasteiger partial charge in [-0.05, 0) is 36.4 Å². The van der Waals surface area contributed by atoms with Crippen LogP contribution in [-0.2, 0) is 9.59 Å². The first kappa shape index (κ1) is 19.5. The summed E-state index contributed by atoms with van der Waals surface area (Å²) in [5, 5.41) is 0. The minimum atomic E-state index is -0.435. The zero-order chi connectivity index (χ0) is 20.2. The zero-order valence-electron chi connectivity index (χ0n) is 16.2. The normalized spacial score (nSPS) is 21.0. The van der Waals surface area contributed by atoms with Gasteiger partial charge < -0.3 is 4.74 Å². The van der Waals surface area contributed by atoms with Crippen molar-refractivity contribution in [3.63, 3.8) is 0 Å². The van der Waals surface area contributed by atoms with Gasteiger partial charge in [-0.1, -0.05) is 18.2 Å². The summed E-state index contributed by atoms with van der Waals surface area (Å²) in [6, 6.07) is 14.8. The molecule has 2 aliphatic rings. The van der Waals surface area contributed by atoms with E-state index in [4.69, 9.17) is 4.74 Å². The van der Waals surface area contributed by atoms with Crippen molar-refractivity contribution in [2.24, 2.45) is 0 Å². The zero-order valence-corrected chi connectivity index (χ0v) is 16.2. The Morgan fingerprint density at radius 1 is 0.931 bits per heavy atom. The summed E-state index contributed by atoms with van der Waals surface area (Å²) in [7, 11) is 0. The molecule has 2 heterocycles. The number of hydrogen-bond acceptors (Lipinski definition) is 5. The number of benzene rings is 2. The first-order chi connectivity index (χ1) is 14.1. The predicted molar refractivity (Wildman–Crippen MR) is 107 cm³/mol. The third-order valence-corrected chi connectivity index (χ3v) is 5.47. The molecule has 2 fully saturated rings. The van der Waals surface area contributed by atoms with Crippen LogP contribution in [0.5, 0.6) is 5.75 Å². The van der Waals surface area contributed by atoms with E-state index in [0.29, 0.717) is 12.3 Å². The molecule has 1 unspecified atom stereocenters. The van der Waals surface area contributed by atoms with Crippen LogP contribution in [0.3, 0.4) is 0 Å². The fourth-order valence-corrected chi connectivity index (χ4v) is 3.87. The highest BCUT2D eigenvalue weighted by atomic mass is 19.1. The number of carbonyl (C=O) groups is 2. The van der Waals surface area contributed by atoms with E-state index in [1.54, 1.807) is 0 Å². The maximum Gasteiger partial charge on any atom is 0.251 e. The SMILES string of the molecule is O=C1CC(N2CCN(CCOc3ccccc3)CC2)C(=O)N1c1ccc(F)cc1. The smallest absolute Gasteiger partial charge is 0.251 e. The van der Waals surface area contributed by atoms with E-state index in [9.17, 15) is 14.0 Å². The molecule has 2 amide bonds. The van der Waals surface area contributed by atoms with Crippen molar-refractivity contribution in [1.82, 2.24) is 9.80 Å². The molecule has 0 radical (unpaired) electrons. The number of imide groups is 1. The van der Waals surface area contributed by atoms with Crippen molar-refractivity contribution in [3.05, 3.63) is 60.4 Å². The van der Waals surface area contributed by atoms with E-state index < -0.39 is 11.9 Å². The van der Waals surface area contributed by atoms with Crippen molar-refractivity contribution >= 4 is 17.5 Å². The first-order valence-electron chi connectivity index (χ1n) is 9.88. The lowest BCUT2D eigenvalue weighted by molar-refractivity contribution is -0.123. The van der Waals surface area contributed by atoms with Crippen molar-refractivity contribution in [1.29, 1.82) is 0 Å². The van der Waals surface area contributed by atoms with E-state index >= 15 is 0 Å². The topological polar surface area (TPSA) is 53.1 Å². The maximum absolute atomic E-state index is 13.1. The van der Waals surface area contributed by atoms with Gasteiger partial charge in [-0.25, -0.2) is 9.29 Å². The van der Waals surface area contributed by atoms with Gasteiger partial charge in [0.1, 0.15) is 18.2 Å². The molecule has 0 aromatic heterocycles. The molecule has 6 nitrogen and oxygen atoms in total. The molecule has 0 aliphatic carbocycles. The van der Waals surface area contributed by atoms with E-state index in [1.165, 1.54) is 29.2 Å². The van der Waals surface area contributed by atoms with Gasteiger partial charge in [-0.3, -0.25) is 19.4 Å². The summed E-state index contributed by atoms with van der Waals surface area (Å²) in [6.07, 6.45) is 0.174. The Morgan fingerprint density at radius 2 is 1.62 bits per heavy atom. The Morgan fingerprint density at radius 3 is 2.31 bits per heavy atom. The number of halogens is 1. The number of para-hydroxylation sites is 1. The number of piperazine rings is 1. The fraction of sp³-hybridized carbons (Fsp3) is 0.364. The van der Waals surface area contributed by atoms with Crippen LogP contribution in [0.2, 0.25) is 0 Å². The lowest BCUT2D eigenvalue weighted by Gasteiger charge is -2.36. The Kier molecular flexibility index (Phi) is 5.87. The van der Waals surface area contributed by atoms with Crippen molar-refractivity contribution in [2.45, 2.75) is 12.5 Å². The molecule has 2 aromatic carbocycles. The van der Waals surface area contributed by atoms with Gasteiger partial charge in [0.2, 0.25) is 5.91 Å². The van der Waals surface area contributed by atoms with Crippen LogP contribution in [0.15, 0.2) is 54.6 Å². The molecule has 0 spiro atoms. The predicted octanol–water partition coefficient (Wildman–Crippen LogP) is 2.15. The Hall–Kier alpha value is -2.77. The highest BCUT2D eigenvalue weighted by Gasteiger charge is 2.43. The van der Waals surface area contributed by atoms with Gasteiger partial charge in [0.25, 0.3) is 5.91 Å². The number of carbonyl (C=O) groups excluding carboxylic acids is 2. The van der Waals surface area contributed by atoms with E-state index in [2.05, 4.69) is 9.80 Å². The molecule has 2 saturated heterocycles. The van der Waals surface area contributed by atoms with Gasteiger partial charge in [0.05, 0.1) is 18.2 Å². The Bertz CT molecular complexity index is 851. The summed E-state index contributed by atoms with van der Waals surface area (Å²) in [6.45, 7) is 4.54. The van der Waals surface area contributed by atoms with Gasteiger partial charge in [-0.15, -0.1) is 0 Å². The second kappa shape index (κ2) is 8.71. The number of anilines is 1. The molecule has 29 heavy (non-hydrogen) atoms. The molecule has 0 saturated carbocycles. The Labute approximate surface area is 169 Å². The van der Waals surface area contributed by atoms with E-state index in [0.717, 1.165) is 38.5 Å². The quantitative estimate of drug-likeness (QED) is 0.700. The lowest BCUT2D eigenvalue weighted by atomic mass is 10.1. The lowest BCUT2D eigenvalue weighted by Crippen LogP contribution is -2.53. The van der Waals surface area contributed by atoms with Crippen LogP contribution in [0.1, 0.15) is 6.42 Å². The molecule has 0 N–H and O–H groups in total. The van der Waals surface area contributed by atoms with Crippen LogP contribution in [0.4, 0.5) is 10.1 Å². The maximum atomic E-state index is 13.1. The van der Waals surface area contributed by atoms with Crippen LogP contribution in [0, 0.1) is 5.82 Å². The molecule has 0 bridgehead atoms. The minimum Gasteiger partial charge on any atom is -0.492 e. The van der Waals surface area contributed by atoms with Gasteiger partial charge in [0.15, 0.2) is 0 Å². The number of amides is 2. The molecular formula is C22H24FN3O3. The number of rotatable bonds is 6. The fourth-order valence-electron chi connectivity index (χ4n) is 3.87. The van der Waals surface area contributed by atoms with Gasteiger partial charge in [0, 0.05) is 32.7 Å². The molecule has 152 valence electrons. The van der Waals surface area contributed by atoms with Crippen molar-refractivity contribution in [3.8, 4) is 5.75 Å². The largest absolute Gasteiger partial charge is 0.492 e. The highest BCUT2D eigenvalue weighted by Crippen LogP contribution is 2.26. The van der Waals surface area contributed by atoms with Crippen LogP contribution in [0.25, 0.3) is 0 Å². The second-order valence-electron chi connectivity index (χ2n) is 7.30. The molecule has 2 aromatic rings. The van der Waals surface area contributed by atoms with E-state index in [-0.39, 0.29) is 18.2 Å². The number of hydrogen-bond donors (Lipinski definition) is 0. The van der Waals surface area contributed by atoms with Gasteiger partial charge in [-0.2, -0.15) is 0 Å². The van der Waals surface area contributed by atoms with Crippen LogP contribution >= 0.6 is 0 Å². The summed E-state index contributed by atoms with van der Waals surface area (Å²) >= 11 is 0. The summed E-state index contributed by atoms with van der Waals surface area (Å²) in [4.78, 5) is 30.8. The van der Waals surface area contributed by atoms with E-state index in [1.807, 2.05) is 30.3 Å². The molecular weight excluding hydrogens is 373 g/mol. The average Bonchev–Trinajstić information content (AvgIpc) is 3.04. The van der Waals surface area contributed by atoms with Crippen LogP contribution in [-0.4, -0.2) is 67.0 Å². The molecule has 4 rings (SSSR count). The third-order valence-electron chi connectivity index (χ3n) is 5.47. The molecule has 7 heteroatoms. The van der Waals surface area contributed by atoms with Gasteiger partial charge >= 0.3 is 0 Å². The minimum absolute atomic E-state index is 0.174. The number of ether oxygens (including phenoxy) is 1. The first-order valence-corrected chi connectivity index (χ1v) is 9.88. The monoisotopic (exact) mass is 397 g/mol. The number of nitrogens with zero attached hydrogens (tertiary/aromatic N) is 3. The molecule has 1 atom stereocenters. The highest BCUT2D eigenvalue weighted by molar-refractivity contribution is 6.22. The average molecular weight is 397 g/mol. The van der Waals surface area contributed by atoms with Crippen LogP contribution < -0.4 is 9.64 Å². The summed E-state index contributed by atoms with van der Waals surface area (Å²) in [5.74, 6) is 0.0200. The molecule has 2 aliphatic heterocycles. The van der Waals surface area contributed by atoms with Crippen molar-refractivity contribution in [2.75, 3.05) is 44.2 Å². The summed E-state index contributed by atoms with van der Waals surface area (Å²) in [5.41, 5.74) is 0.431.